The van der Waals surface area contributed by atoms with Gasteiger partial charge in [0.1, 0.15) is 0 Å². The second kappa shape index (κ2) is 3.23. The molecule has 1 heteroatoms. The zero-order valence-corrected chi connectivity index (χ0v) is 9.27. The van der Waals surface area contributed by atoms with E-state index in [9.17, 15) is 0 Å². The van der Waals surface area contributed by atoms with Crippen LogP contribution in [0.4, 0.5) is 0 Å². The van der Waals surface area contributed by atoms with Gasteiger partial charge in [0.25, 0.3) is 0 Å². The van der Waals surface area contributed by atoms with E-state index in [2.05, 4.69) is 22.6 Å². The Morgan fingerprint density at radius 2 is 1.45 bits per heavy atom. The van der Waals surface area contributed by atoms with Gasteiger partial charge in [-0.2, -0.15) is 0 Å². The van der Waals surface area contributed by atoms with Crippen molar-refractivity contribution in [3.63, 3.8) is 0 Å². The molecule has 0 spiro atoms. The molecule has 0 aliphatic heterocycles. The van der Waals surface area contributed by atoms with Crippen LogP contribution >= 0.6 is 22.6 Å². The van der Waals surface area contributed by atoms with Crippen molar-refractivity contribution in [1.29, 1.82) is 0 Å². The first-order valence-electron chi connectivity index (χ1n) is 5.00. The van der Waals surface area contributed by atoms with Crippen molar-refractivity contribution in [3.8, 4) is 0 Å². The van der Waals surface area contributed by atoms with E-state index in [1.54, 1.807) is 0 Å². The fourth-order valence-electron chi connectivity index (χ4n) is 2.81. The number of fused-ring (bicyclic) bond motifs is 1. The van der Waals surface area contributed by atoms with Gasteiger partial charge in [0, 0.05) is 3.42 Å². The smallest absolute Gasteiger partial charge is 0.0250 e. The largest absolute Gasteiger partial charge is 0.0786 e. The molecule has 2 fully saturated rings. The zero-order valence-electron chi connectivity index (χ0n) is 7.11. The maximum atomic E-state index is 2.77. The highest BCUT2D eigenvalue weighted by molar-refractivity contribution is 14.1. The Morgan fingerprint density at radius 3 is 1.91 bits per heavy atom. The first kappa shape index (κ1) is 8.33. The Balaban J connectivity index is 2.06. The minimum atomic E-state index is 0.744. The van der Waals surface area contributed by atoms with Crippen molar-refractivity contribution < 1.29 is 0 Å². The van der Waals surface area contributed by atoms with Crippen LogP contribution in [0.3, 0.4) is 0 Å². The minimum Gasteiger partial charge on any atom is -0.0786 e. The number of hydrogen-bond donors (Lipinski definition) is 0. The lowest BCUT2D eigenvalue weighted by Crippen LogP contribution is -2.37. The Kier molecular flexibility index (Phi) is 2.45. The topological polar surface area (TPSA) is 0 Å². The second-order valence-corrected chi connectivity index (χ2v) is 6.37. The molecule has 2 rings (SSSR count). The van der Waals surface area contributed by atoms with Gasteiger partial charge in [0.05, 0.1) is 0 Å². The lowest BCUT2D eigenvalue weighted by molar-refractivity contribution is 0.217. The van der Waals surface area contributed by atoms with Crippen LogP contribution in [0.5, 0.6) is 0 Å². The molecule has 0 N–H and O–H groups in total. The number of halogens is 1. The van der Waals surface area contributed by atoms with Crippen LogP contribution in [0.1, 0.15) is 51.4 Å². The summed E-state index contributed by atoms with van der Waals surface area (Å²) in [6.45, 7) is 0. The van der Waals surface area contributed by atoms with Crippen LogP contribution in [0.15, 0.2) is 0 Å². The SMILES string of the molecule is IC12CCCCC1CCCC2. The molecule has 0 atom stereocenters. The lowest BCUT2D eigenvalue weighted by atomic mass is 9.71. The average molecular weight is 264 g/mol. The highest BCUT2D eigenvalue weighted by atomic mass is 127. The third kappa shape index (κ3) is 1.58. The van der Waals surface area contributed by atoms with Crippen molar-refractivity contribution in [2.75, 3.05) is 0 Å². The normalized spacial score (nSPS) is 45.0. The van der Waals surface area contributed by atoms with Crippen molar-refractivity contribution in [1.82, 2.24) is 0 Å². The van der Waals surface area contributed by atoms with Gasteiger partial charge < -0.3 is 0 Å². The Morgan fingerprint density at radius 1 is 0.909 bits per heavy atom. The summed E-state index contributed by atoms with van der Waals surface area (Å²) in [6, 6.07) is 0. The molecule has 0 aromatic heterocycles. The standard InChI is InChI=1S/C10H17I/c11-10-7-3-1-5-9(10)6-2-4-8-10/h9H,1-8H2. The molecule has 0 radical (unpaired) electrons. The maximum absolute atomic E-state index is 2.77. The Bertz CT molecular complexity index is 130. The van der Waals surface area contributed by atoms with Gasteiger partial charge in [-0.25, -0.2) is 0 Å². The van der Waals surface area contributed by atoms with E-state index in [0.29, 0.717) is 0 Å². The maximum Gasteiger partial charge on any atom is 0.0250 e. The zero-order chi connectivity index (χ0) is 7.73. The summed E-state index contributed by atoms with van der Waals surface area (Å²) in [5.41, 5.74) is 0. The van der Waals surface area contributed by atoms with Gasteiger partial charge in [0.15, 0.2) is 0 Å². The van der Waals surface area contributed by atoms with Crippen LogP contribution < -0.4 is 0 Å². The van der Waals surface area contributed by atoms with Gasteiger partial charge >= 0.3 is 0 Å². The fraction of sp³-hybridized carbons (Fsp3) is 1.00. The molecule has 0 aromatic carbocycles. The molecule has 0 amide bonds. The van der Waals surface area contributed by atoms with E-state index < -0.39 is 0 Å². The highest BCUT2D eigenvalue weighted by Gasteiger charge is 2.39. The van der Waals surface area contributed by atoms with Gasteiger partial charge in [-0.05, 0) is 31.6 Å². The van der Waals surface area contributed by atoms with E-state index in [4.69, 9.17) is 0 Å². The Hall–Kier alpha value is 0.730. The van der Waals surface area contributed by atoms with E-state index in [1.807, 2.05) is 0 Å². The minimum absolute atomic E-state index is 0.744. The van der Waals surface area contributed by atoms with E-state index >= 15 is 0 Å². The first-order chi connectivity index (χ1) is 5.31. The van der Waals surface area contributed by atoms with Crippen molar-refractivity contribution >= 4 is 22.6 Å². The number of hydrogen-bond acceptors (Lipinski definition) is 0. The summed E-state index contributed by atoms with van der Waals surface area (Å²) < 4.78 is 0.744. The highest BCUT2D eigenvalue weighted by Crippen LogP contribution is 2.49. The summed E-state index contributed by atoms with van der Waals surface area (Å²) in [7, 11) is 0. The van der Waals surface area contributed by atoms with Gasteiger partial charge in [-0.1, -0.05) is 48.3 Å². The molecule has 0 saturated heterocycles. The predicted molar refractivity (Wildman–Crippen MR) is 57.2 cm³/mol. The molecule has 2 saturated carbocycles. The monoisotopic (exact) mass is 264 g/mol. The summed E-state index contributed by atoms with van der Waals surface area (Å²) in [4.78, 5) is 0. The summed E-state index contributed by atoms with van der Waals surface area (Å²) in [6.07, 6.45) is 12.1. The molecular formula is C10H17I. The summed E-state index contributed by atoms with van der Waals surface area (Å²) in [5.74, 6) is 1.09. The third-order valence-electron chi connectivity index (χ3n) is 3.52. The first-order valence-corrected chi connectivity index (χ1v) is 6.08. The molecule has 64 valence electrons. The van der Waals surface area contributed by atoms with Crippen LogP contribution in [-0.4, -0.2) is 3.42 Å². The van der Waals surface area contributed by atoms with Crippen LogP contribution in [0.2, 0.25) is 0 Å². The summed E-state index contributed by atoms with van der Waals surface area (Å²) in [5, 5.41) is 0. The Labute approximate surface area is 83.3 Å². The number of alkyl halides is 1. The van der Waals surface area contributed by atoms with Gasteiger partial charge in [-0.3, -0.25) is 0 Å². The molecule has 0 aromatic rings. The molecule has 0 nitrogen and oxygen atoms in total. The van der Waals surface area contributed by atoms with E-state index in [0.717, 1.165) is 9.34 Å². The van der Waals surface area contributed by atoms with Crippen LogP contribution in [-0.2, 0) is 0 Å². The van der Waals surface area contributed by atoms with Crippen molar-refractivity contribution in [2.45, 2.75) is 54.8 Å². The third-order valence-corrected chi connectivity index (χ3v) is 5.48. The quantitative estimate of drug-likeness (QED) is 0.459. The van der Waals surface area contributed by atoms with E-state index in [1.165, 1.54) is 51.4 Å². The number of rotatable bonds is 0. The van der Waals surface area contributed by atoms with Crippen LogP contribution in [0.25, 0.3) is 0 Å². The van der Waals surface area contributed by atoms with Crippen molar-refractivity contribution in [2.24, 2.45) is 5.92 Å². The molecule has 11 heavy (non-hydrogen) atoms. The summed E-state index contributed by atoms with van der Waals surface area (Å²) >= 11 is 2.77. The van der Waals surface area contributed by atoms with Crippen LogP contribution in [0, 0.1) is 5.92 Å². The van der Waals surface area contributed by atoms with Crippen molar-refractivity contribution in [3.05, 3.63) is 0 Å². The predicted octanol–water partition coefficient (Wildman–Crippen LogP) is 3.92. The fourth-order valence-corrected chi connectivity index (χ4v) is 4.20. The van der Waals surface area contributed by atoms with Gasteiger partial charge in [-0.15, -0.1) is 0 Å². The molecule has 0 heterocycles. The van der Waals surface area contributed by atoms with E-state index in [-0.39, 0.29) is 0 Å². The molecule has 2 aliphatic carbocycles. The van der Waals surface area contributed by atoms with Gasteiger partial charge in [0.2, 0.25) is 0 Å². The average Bonchev–Trinajstić information content (AvgIpc) is 2.03. The second-order valence-electron chi connectivity index (χ2n) is 4.22. The molecule has 0 unspecified atom stereocenters. The molecule has 2 aliphatic rings. The molecular weight excluding hydrogens is 247 g/mol. The lowest BCUT2D eigenvalue weighted by Gasteiger charge is -2.43. The molecule has 0 bridgehead atoms.